The van der Waals surface area contributed by atoms with Crippen LogP contribution in [0.5, 0.6) is 0 Å². The first kappa shape index (κ1) is 29.4. The van der Waals surface area contributed by atoms with Crippen molar-refractivity contribution < 1.29 is 18.4 Å². The first-order chi connectivity index (χ1) is 15.6. The van der Waals surface area contributed by atoms with Gasteiger partial charge in [0.2, 0.25) is 0 Å². The number of rotatable bonds is 2. The smallest absolute Gasteiger partial charge is 0.351 e. The molecule has 34 heavy (non-hydrogen) atoms. The molecule has 0 aliphatic heterocycles. The molecule has 184 valence electrons. The zero-order valence-corrected chi connectivity index (χ0v) is 22.2. The van der Waals surface area contributed by atoms with Crippen molar-refractivity contribution in [2.75, 3.05) is 23.9 Å². The van der Waals surface area contributed by atoms with E-state index in [-0.39, 0.29) is 16.7 Å². The maximum absolute atomic E-state index is 13.4. The molecule has 0 unspecified atom stereocenters. The molecule has 0 radical (unpaired) electrons. The fourth-order valence-electron chi connectivity index (χ4n) is 2.27. The highest BCUT2D eigenvalue weighted by atomic mass is 79.9. The molecule has 0 saturated heterocycles. The van der Waals surface area contributed by atoms with E-state index in [2.05, 4.69) is 41.8 Å². The van der Waals surface area contributed by atoms with Crippen molar-refractivity contribution in [1.82, 2.24) is 0 Å². The Labute approximate surface area is 219 Å². The third kappa shape index (κ3) is 8.27. The summed E-state index contributed by atoms with van der Waals surface area (Å²) in [6.45, 7) is 0. The number of carbonyl (C=O) groups is 2. The fourth-order valence-corrected chi connectivity index (χ4v) is 4.68. The second-order valence-electron chi connectivity index (χ2n) is 6.19. The number of guanidine groups is 2. The van der Waals surface area contributed by atoms with Crippen LogP contribution >= 0.6 is 55.1 Å². The van der Waals surface area contributed by atoms with E-state index in [1.807, 2.05) is 0 Å². The van der Waals surface area contributed by atoms with Gasteiger partial charge in [0, 0.05) is 29.1 Å². The molecular weight excluding hydrogens is 629 g/mol. The number of nitrogens with two attached hydrogens (primary N) is 4. The van der Waals surface area contributed by atoms with Gasteiger partial charge in [0.1, 0.15) is 5.82 Å². The molecule has 2 aromatic carbocycles. The Bertz CT molecular complexity index is 1020. The van der Waals surface area contributed by atoms with Gasteiger partial charge in [-0.15, -0.1) is 0 Å². The summed E-state index contributed by atoms with van der Waals surface area (Å²) in [7, 11) is 2.73. The van der Waals surface area contributed by atoms with Gasteiger partial charge in [0.05, 0.1) is 21.4 Å². The van der Waals surface area contributed by atoms with Crippen LogP contribution in [0.15, 0.2) is 43.2 Å². The fraction of sp³-hybridized carbons (Fsp3) is 0.111. The Balaban J connectivity index is 0.000000340. The van der Waals surface area contributed by atoms with Crippen molar-refractivity contribution in [2.24, 2.45) is 32.9 Å². The summed E-state index contributed by atoms with van der Waals surface area (Å²) in [5, 5.41) is 0.136. The quantitative estimate of drug-likeness (QED) is 0.282. The van der Waals surface area contributed by atoms with Crippen LogP contribution in [0.4, 0.5) is 29.7 Å². The Hall–Kier alpha value is -2.68. The third-order valence-electron chi connectivity index (χ3n) is 3.66. The van der Waals surface area contributed by atoms with Crippen molar-refractivity contribution in [3.05, 3.63) is 54.9 Å². The minimum atomic E-state index is -0.989. The molecule has 0 aliphatic carbocycles. The molecule has 0 bridgehead atoms. The van der Waals surface area contributed by atoms with E-state index in [1.54, 1.807) is 12.1 Å². The highest BCUT2D eigenvalue weighted by Gasteiger charge is 2.19. The SMILES string of the molecule is CN(C(=O)N=C(N)N)c1c(Cl)cc(Br)cc1Br.CN(C(=O)N=C(N)N)c1c(F)cc(F)cc1Cl. The van der Waals surface area contributed by atoms with Crippen LogP contribution in [0.25, 0.3) is 0 Å². The lowest BCUT2D eigenvalue weighted by molar-refractivity contribution is 0.254. The second kappa shape index (κ2) is 12.7. The Morgan fingerprint density at radius 3 is 1.68 bits per heavy atom. The van der Waals surface area contributed by atoms with E-state index in [0.29, 0.717) is 21.2 Å². The molecule has 2 aromatic rings. The van der Waals surface area contributed by atoms with E-state index < -0.39 is 29.7 Å². The van der Waals surface area contributed by atoms with Gasteiger partial charge in [-0.05, 0) is 34.1 Å². The van der Waals surface area contributed by atoms with Gasteiger partial charge >= 0.3 is 12.1 Å². The first-order valence-electron chi connectivity index (χ1n) is 8.69. The first-order valence-corrected chi connectivity index (χ1v) is 11.0. The number of halogens is 6. The van der Waals surface area contributed by atoms with Crippen LogP contribution in [0, 0.1) is 11.6 Å². The Morgan fingerprint density at radius 2 is 1.26 bits per heavy atom. The van der Waals surface area contributed by atoms with Crippen molar-refractivity contribution in [3.63, 3.8) is 0 Å². The van der Waals surface area contributed by atoms with Gasteiger partial charge in [-0.1, -0.05) is 39.1 Å². The van der Waals surface area contributed by atoms with Gasteiger partial charge in [-0.2, -0.15) is 9.98 Å². The Kier molecular flexibility index (Phi) is 11.0. The maximum Gasteiger partial charge on any atom is 0.351 e. The topological polar surface area (TPSA) is 169 Å². The summed E-state index contributed by atoms with van der Waals surface area (Å²) in [5.41, 5.74) is 20.5. The second-order valence-corrected chi connectivity index (χ2v) is 8.78. The van der Waals surface area contributed by atoms with E-state index in [9.17, 15) is 18.4 Å². The molecule has 0 spiro atoms. The van der Waals surface area contributed by atoms with Crippen LogP contribution in [0.3, 0.4) is 0 Å². The summed E-state index contributed by atoms with van der Waals surface area (Å²) in [6, 6.07) is 3.38. The van der Waals surface area contributed by atoms with Crippen molar-refractivity contribution in [3.8, 4) is 0 Å². The van der Waals surface area contributed by atoms with Gasteiger partial charge in [-0.25, -0.2) is 18.4 Å². The number of carbonyl (C=O) groups excluding carboxylic acids is 2. The van der Waals surface area contributed by atoms with Crippen LogP contribution in [-0.4, -0.2) is 38.1 Å². The zero-order chi connectivity index (χ0) is 26.3. The summed E-state index contributed by atoms with van der Waals surface area (Å²) < 4.78 is 27.7. The molecule has 4 amide bonds. The van der Waals surface area contributed by atoms with Crippen molar-refractivity contribution in [1.29, 1.82) is 0 Å². The monoisotopic (exact) mass is 644 g/mol. The summed E-state index contributed by atoms with van der Waals surface area (Å²) >= 11 is 18.3. The van der Waals surface area contributed by atoms with E-state index >= 15 is 0 Å². The Morgan fingerprint density at radius 1 is 0.824 bits per heavy atom. The summed E-state index contributed by atoms with van der Waals surface area (Å²) in [5.74, 6) is -2.61. The molecule has 16 heteroatoms. The van der Waals surface area contributed by atoms with Gasteiger partial charge in [0.15, 0.2) is 17.7 Å². The normalized spacial score (nSPS) is 9.88. The minimum absolute atomic E-state index is 0.260. The molecule has 2 rings (SSSR count). The largest absolute Gasteiger partial charge is 0.370 e. The molecule has 0 saturated carbocycles. The molecule has 10 nitrogen and oxygen atoms in total. The summed E-state index contributed by atoms with van der Waals surface area (Å²) in [4.78, 5) is 31.7. The van der Waals surface area contributed by atoms with Crippen molar-refractivity contribution >= 4 is 90.4 Å². The lowest BCUT2D eigenvalue weighted by atomic mass is 10.3. The predicted octanol–water partition coefficient (Wildman–Crippen LogP) is 4.14. The van der Waals surface area contributed by atoms with Gasteiger partial charge < -0.3 is 22.9 Å². The number of hydrogen-bond donors (Lipinski definition) is 4. The predicted molar refractivity (Wildman–Crippen MR) is 137 cm³/mol. The van der Waals surface area contributed by atoms with Gasteiger partial charge in [-0.3, -0.25) is 9.80 Å². The highest BCUT2D eigenvalue weighted by molar-refractivity contribution is 9.11. The molecule has 0 aromatic heterocycles. The standard InChI is InChI=1S/C9H9Br2ClN4O.C9H9ClF2N4O/c1-16(9(17)15-8(13)14)7-5(11)2-4(10)3-6(7)12;1-16(9(17)15-8(13)14)7-5(10)2-4(11)3-6(7)12/h2*2-3H,1H3,(H4,13,14,15,17). The summed E-state index contributed by atoms with van der Waals surface area (Å²) in [6.07, 6.45) is 0. The van der Waals surface area contributed by atoms with Crippen molar-refractivity contribution in [2.45, 2.75) is 0 Å². The zero-order valence-electron chi connectivity index (χ0n) is 17.5. The lowest BCUT2D eigenvalue weighted by Crippen LogP contribution is -2.30. The third-order valence-corrected chi connectivity index (χ3v) is 5.30. The number of urea groups is 2. The number of anilines is 2. The van der Waals surface area contributed by atoms with Crippen LogP contribution < -0.4 is 32.7 Å². The molecule has 0 fully saturated rings. The maximum atomic E-state index is 13.4. The van der Waals surface area contributed by atoms with E-state index in [1.165, 1.54) is 19.0 Å². The number of benzene rings is 2. The molecule has 8 N–H and O–H groups in total. The van der Waals surface area contributed by atoms with Crippen LogP contribution in [0.1, 0.15) is 0 Å². The highest BCUT2D eigenvalue weighted by Crippen LogP contribution is 2.36. The molecule has 0 aliphatic rings. The number of amides is 4. The lowest BCUT2D eigenvalue weighted by Gasteiger charge is -2.18. The number of nitrogens with zero attached hydrogens (tertiary/aromatic N) is 4. The molecule has 0 heterocycles. The number of aliphatic imine (C=N–C) groups is 2. The van der Waals surface area contributed by atoms with Crippen LogP contribution in [0.2, 0.25) is 10.0 Å². The van der Waals surface area contributed by atoms with E-state index in [0.717, 1.165) is 15.4 Å². The minimum Gasteiger partial charge on any atom is -0.370 e. The average Bonchev–Trinajstić information content (AvgIpc) is 2.65. The van der Waals surface area contributed by atoms with Gasteiger partial charge in [0.25, 0.3) is 0 Å². The number of hydrogen-bond acceptors (Lipinski definition) is 2. The molecule has 0 atom stereocenters. The van der Waals surface area contributed by atoms with E-state index in [4.69, 9.17) is 46.1 Å². The van der Waals surface area contributed by atoms with Crippen LogP contribution in [-0.2, 0) is 0 Å². The molecular formula is C18H18Br2Cl2F2N8O2. The average molecular weight is 647 g/mol.